The fourth-order valence-electron chi connectivity index (χ4n) is 1.72. The molecule has 84 valence electrons. The van der Waals surface area contributed by atoms with Crippen LogP contribution in [0.3, 0.4) is 0 Å². The van der Waals surface area contributed by atoms with Gasteiger partial charge in [0.1, 0.15) is 0 Å². The van der Waals surface area contributed by atoms with Crippen molar-refractivity contribution in [1.82, 2.24) is 4.90 Å². The van der Waals surface area contributed by atoms with Crippen molar-refractivity contribution < 1.29 is 0 Å². The van der Waals surface area contributed by atoms with Gasteiger partial charge in [0, 0.05) is 6.54 Å². The minimum atomic E-state index is 0.803. The van der Waals surface area contributed by atoms with E-state index in [0.717, 1.165) is 25.9 Å². The van der Waals surface area contributed by atoms with Crippen molar-refractivity contribution in [3.05, 3.63) is 35.4 Å². The minimum Gasteiger partial charge on any atom is -0.330 e. The number of rotatable bonds is 6. The highest BCUT2D eigenvalue weighted by Crippen LogP contribution is 2.09. The molecule has 2 N–H and O–H groups in total. The van der Waals surface area contributed by atoms with Crippen LogP contribution in [-0.4, -0.2) is 25.5 Å². The van der Waals surface area contributed by atoms with Crippen LogP contribution in [0.4, 0.5) is 0 Å². The molecule has 1 aromatic carbocycles. The van der Waals surface area contributed by atoms with Gasteiger partial charge in [-0.05, 0) is 51.0 Å². The fourth-order valence-corrected chi connectivity index (χ4v) is 1.72. The van der Waals surface area contributed by atoms with Crippen LogP contribution >= 0.6 is 0 Å². The highest BCUT2D eigenvalue weighted by Gasteiger charge is 1.97. The first-order chi connectivity index (χ1) is 7.22. The molecule has 0 heterocycles. The Morgan fingerprint density at radius 3 is 2.53 bits per heavy atom. The van der Waals surface area contributed by atoms with Crippen molar-refractivity contribution in [3.63, 3.8) is 0 Å². The molecule has 0 saturated heterocycles. The van der Waals surface area contributed by atoms with Gasteiger partial charge in [0.25, 0.3) is 0 Å². The number of hydrogen-bond acceptors (Lipinski definition) is 2. The van der Waals surface area contributed by atoms with Crippen LogP contribution in [0.1, 0.15) is 24.0 Å². The smallest absolute Gasteiger partial charge is 0.0227 e. The Morgan fingerprint density at radius 1 is 1.13 bits per heavy atom. The van der Waals surface area contributed by atoms with Gasteiger partial charge in [0.2, 0.25) is 0 Å². The average molecular weight is 206 g/mol. The van der Waals surface area contributed by atoms with E-state index in [2.05, 4.69) is 43.3 Å². The molecular weight excluding hydrogens is 184 g/mol. The molecule has 15 heavy (non-hydrogen) atoms. The highest BCUT2D eigenvalue weighted by atomic mass is 15.0. The molecule has 0 radical (unpaired) electrons. The summed E-state index contributed by atoms with van der Waals surface area (Å²) in [6, 6.07) is 8.84. The summed E-state index contributed by atoms with van der Waals surface area (Å²) in [5.74, 6) is 0. The van der Waals surface area contributed by atoms with Gasteiger partial charge in [-0.3, -0.25) is 0 Å². The summed E-state index contributed by atoms with van der Waals surface area (Å²) in [5, 5.41) is 0. The number of nitrogens with zero attached hydrogens (tertiary/aromatic N) is 1. The molecule has 0 spiro atoms. The van der Waals surface area contributed by atoms with Gasteiger partial charge in [-0.25, -0.2) is 0 Å². The predicted octanol–water partition coefficient (Wildman–Crippen LogP) is 2.03. The lowest BCUT2D eigenvalue weighted by Gasteiger charge is -2.10. The second kappa shape index (κ2) is 6.59. The summed E-state index contributed by atoms with van der Waals surface area (Å²) in [6.07, 6.45) is 3.47. The Bertz CT molecular complexity index is 282. The van der Waals surface area contributed by atoms with Gasteiger partial charge in [0.05, 0.1) is 0 Å². The average Bonchev–Trinajstić information content (AvgIpc) is 2.18. The molecule has 1 aromatic rings. The number of unbranched alkanes of at least 4 members (excludes halogenated alkanes) is 1. The van der Waals surface area contributed by atoms with Crippen LogP contribution in [0.5, 0.6) is 0 Å². The van der Waals surface area contributed by atoms with Gasteiger partial charge in [0.15, 0.2) is 0 Å². The van der Waals surface area contributed by atoms with Gasteiger partial charge in [-0.15, -0.1) is 0 Å². The molecule has 0 aromatic heterocycles. The largest absolute Gasteiger partial charge is 0.330 e. The Kier molecular flexibility index (Phi) is 5.37. The molecule has 0 bridgehead atoms. The fraction of sp³-hybridized carbons (Fsp3) is 0.538. The molecule has 2 heteroatoms. The van der Waals surface area contributed by atoms with Crippen LogP contribution in [0.25, 0.3) is 0 Å². The standard InChI is InChI=1S/C13H22N2/c1-15(2)11-13-8-5-7-12(10-13)6-3-4-9-14/h5,7-8,10H,3-4,6,9,11,14H2,1-2H3. The van der Waals surface area contributed by atoms with E-state index in [9.17, 15) is 0 Å². The topological polar surface area (TPSA) is 29.3 Å². The minimum absolute atomic E-state index is 0.803. The Morgan fingerprint density at radius 2 is 1.87 bits per heavy atom. The third kappa shape index (κ3) is 4.96. The molecule has 0 amide bonds. The van der Waals surface area contributed by atoms with Gasteiger partial charge >= 0.3 is 0 Å². The molecule has 0 fully saturated rings. The van der Waals surface area contributed by atoms with Crippen LogP contribution in [0.15, 0.2) is 24.3 Å². The molecule has 2 nitrogen and oxygen atoms in total. The van der Waals surface area contributed by atoms with E-state index in [-0.39, 0.29) is 0 Å². The van der Waals surface area contributed by atoms with Crippen molar-refractivity contribution in [1.29, 1.82) is 0 Å². The van der Waals surface area contributed by atoms with Crippen LogP contribution in [-0.2, 0) is 13.0 Å². The van der Waals surface area contributed by atoms with Crippen molar-refractivity contribution in [2.45, 2.75) is 25.8 Å². The molecule has 0 aliphatic heterocycles. The first kappa shape index (κ1) is 12.2. The molecule has 0 saturated carbocycles. The molecule has 0 atom stereocenters. The second-order valence-corrected chi connectivity index (χ2v) is 4.30. The molecule has 0 aliphatic rings. The normalized spacial score (nSPS) is 10.9. The van der Waals surface area contributed by atoms with E-state index in [0.29, 0.717) is 0 Å². The summed E-state index contributed by atoms with van der Waals surface area (Å²) >= 11 is 0. The summed E-state index contributed by atoms with van der Waals surface area (Å²) in [5.41, 5.74) is 8.31. The first-order valence-electron chi connectivity index (χ1n) is 5.65. The van der Waals surface area contributed by atoms with Crippen molar-refractivity contribution in [2.24, 2.45) is 5.73 Å². The third-order valence-corrected chi connectivity index (χ3v) is 2.41. The maximum atomic E-state index is 5.48. The van der Waals surface area contributed by atoms with Gasteiger partial charge in [-0.1, -0.05) is 24.3 Å². The summed E-state index contributed by atoms with van der Waals surface area (Å²) in [4.78, 5) is 2.19. The number of hydrogen-bond donors (Lipinski definition) is 1. The van der Waals surface area contributed by atoms with Crippen LogP contribution in [0.2, 0.25) is 0 Å². The second-order valence-electron chi connectivity index (χ2n) is 4.30. The Balaban J connectivity index is 2.50. The van der Waals surface area contributed by atoms with E-state index < -0.39 is 0 Å². The zero-order chi connectivity index (χ0) is 11.1. The van der Waals surface area contributed by atoms with Crippen molar-refractivity contribution >= 4 is 0 Å². The van der Waals surface area contributed by atoms with Crippen LogP contribution < -0.4 is 5.73 Å². The van der Waals surface area contributed by atoms with E-state index in [1.165, 1.54) is 17.5 Å². The molecule has 0 unspecified atom stereocenters. The maximum absolute atomic E-state index is 5.48. The molecule has 0 aliphatic carbocycles. The zero-order valence-corrected chi connectivity index (χ0v) is 9.87. The Labute approximate surface area is 93.1 Å². The van der Waals surface area contributed by atoms with Crippen molar-refractivity contribution in [2.75, 3.05) is 20.6 Å². The summed E-state index contributed by atoms with van der Waals surface area (Å²) in [7, 11) is 4.20. The third-order valence-electron chi connectivity index (χ3n) is 2.41. The van der Waals surface area contributed by atoms with E-state index >= 15 is 0 Å². The van der Waals surface area contributed by atoms with Crippen molar-refractivity contribution in [3.8, 4) is 0 Å². The van der Waals surface area contributed by atoms with E-state index in [4.69, 9.17) is 5.73 Å². The number of nitrogens with two attached hydrogens (primary N) is 1. The Hall–Kier alpha value is -0.860. The molecular formula is C13H22N2. The lowest BCUT2D eigenvalue weighted by molar-refractivity contribution is 0.402. The quantitative estimate of drug-likeness (QED) is 0.722. The van der Waals surface area contributed by atoms with E-state index in [1.807, 2.05) is 0 Å². The van der Waals surface area contributed by atoms with Crippen LogP contribution in [0, 0.1) is 0 Å². The lowest BCUT2D eigenvalue weighted by Crippen LogP contribution is -2.10. The summed E-state index contributed by atoms with van der Waals surface area (Å²) in [6.45, 7) is 1.82. The first-order valence-corrected chi connectivity index (χ1v) is 5.65. The van der Waals surface area contributed by atoms with Gasteiger partial charge < -0.3 is 10.6 Å². The lowest BCUT2D eigenvalue weighted by atomic mass is 10.1. The monoisotopic (exact) mass is 206 g/mol. The highest BCUT2D eigenvalue weighted by molar-refractivity contribution is 5.23. The SMILES string of the molecule is CN(C)Cc1cccc(CCCCN)c1. The van der Waals surface area contributed by atoms with Gasteiger partial charge in [-0.2, -0.15) is 0 Å². The molecule has 1 rings (SSSR count). The predicted molar refractivity (Wildman–Crippen MR) is 65.8 cm³/mol. The number of aryl methyl sites for hydroxylation is 1. The maximum Gasteiger partial charge on any atom is 0.0227 e. The zero-order valence-electron chi connectivity index (χ0n) is 9.87. The summed E-state index contributed by atoms with van der Waals surface area (Å²) < 4.78 is 0. The number of benzene rings is 1. The van der Waals surface area contributed by atoms with E-state index in [1.54, 1.807) is 0 Å².